The fraction of sp³-hybridized carbons (Fsp3) is 0.214. The Morgan fingerprint density at radius 2 is 1.69 bits per heavy atom. The van der Waals surface area contributed by atoms with E-state index in [1.54, 1.807) is 7.11 Å². The number of allylic oxidation sites excluding steroid dienone is 1. The monoisotopic (exact) mass is 382 g/mol. The molecule has 29 heavy (non-hydrogen) atoms. The lowest BCUT2D eigenvalue weighted by Crippen LogP contribution is -2.27. The highest BCUT2D eigenvalue weighted by atomic mass is 16.5. The summed E-state index contributed by atoms with van der Waals surface area (Å²) >= 11 is 0. The van der Waals surface area contributed by atoms with E-state index in [4.69, 9.17) is 4.74 Å². The normalized spacial score (nSPS) is 11.7. The first kappa shape index (κ1) is 20.7. The molecule has 0 unspecified atom stereocenters. The number of hydrogen-bond donors (Lipinski definition) is 0. The zero-order valence-electron chi connectivity index (χ0n) is 17.7. The molecule has 1 nitrogen and oxygen atoms in total. The number of benzene rings is 3. The van der Waals surface area contributed by atoms with Crippen LogP contribution in [0.25, 0.3) is 23.8 Å². The Morgan fingerprint density at radius 1 is 0.931 bits per heavy atom. The fourth-order valence-electron chi connectivity index (χ4n) is 3.86. The molecule has 0 aliphatic heterocycles. The van der Waals surface area contributed by atoms with Crippen molar-refractivity contribution in [2.75, 3.05) is 7.11 Å². The molecule has 0 aromatic heterocycles. The molecule has 0 heterocycles. The van der Waals surface area contributed by atoms with Crippen LogP contribution in [-0.4, -0.2) is 7.11 Å². The van der Waals surface area contributed by atoms with Gasteiger partial charge in [0.15, 0.2) is 0 Å². The minimum Gasteiger partial charge on any atom is -0.496 e. The van der Waals surface area contributed by atoms with Crippen molar-refractivity contribution in [3.8, 4) is 16.9 Å². The average molecular weight is 383 g/mol. The van der Waals surface area contributed by atoms with Gasteiger partial charge >= 0.3 is 0 Å². The molecule has 0 bridgehead atoms. The second kappa shape index (κ2) is 9.43. The fourth-order valence-corrected chi connectivity index (χ4v) is 3.86. The summed E-state index contributed by atoms with van der Waals surface area (Å²) in [5.74, 6) is 1.53. The molecular weight excluding hydrogens is 352 g/mol. The molecule has 3 rings (SSSR count). The smallest absolute Gasteiger partial charge is 0.122 e. The van der Waals surface area contributed by atoms with E-state index in [0.29, 0.717) is 5.92 Å². The summed E-state index contributed by atoms with van der Waals surface area (Å²) in [6.45, 7) is 12.6. The summed E-state index contributed by atoms with van der Waals surface area (Å²) in [5.41, 5.74) is 6.32. The van der Waals surface area contributed by atoms with Gasteiger partial charge < -0.3 is 4.74 Å². The van der Waals surface area contributed by atoms with E-state index in [-0.39, 0.29) is 0 Å². The van der Waals surface area contributed by atoms with Gasteiger partial charge in [-0.2, -0.15) is 0 Å². The van der Waals surface area contributed by atoms with Crippen LogP contribution in [0.5, 0.6) is 5.75 Å². The van der Waals surface area contributed by atoms with Crippen LogP contribution in [-0.2, 0) is 12.8 Å². The molecule has 148 valence electrons. The van der Waals surface area contributed by atoms with Gasteiger partial charge in [0.1, 0.15) is 5.75 Å². The van der Waals surface area contributed by atoms with Crippen molar-refractivity contribution >= 4 is 12.7 Å². The number of hydrogen-bond acceptors (Lipinski definition) is 1. The molecule has 0 saturated heterocycles. The summed E-state index contributed by atoms with van der Waals surface area (Å²) < 4.78 is 5.69. The lowest BCUT2D eigenvalue weighted by molar-refractivity contribution is 0.410. The van der Waals surface area contributed by atoms with Gasteiger partial charge in [-0.05, 0) is 62.7 Å². The largest absolute Gasteiger partial charge is 0.496 e. The highest BCUT2D eigenvalue weighted by Crippen LogP contribution is 2.31. The van der Waals surface area contributed by atoms with Crippen molar-refractivity contribution < 1.29 is 4.74 Å². The Balaban J connectivity index is 2.09. The minimum atomic E-state index is 0.616. The molecule has 0 aliphatic carbocycles. The summed E-state index contributed by atoms with van der Waals surface area (Å²) in [7, 11) is 1.74. The zero-order valence-corrected chi connectivity index (χ0v) is 17.7. The quantitative estimate of drug-likeness (QED) is 0.522. The van der Waals surface area contributed by atoms with Gasteiger partial charge in [0.05, 0.1) is 7.11 Å². The number of ether oxygens (including phenoxy) is 1. The average Bonchev–Trinajstić information content (AvgIpc) is 2.70. The lowest BCUT2D eigenvalue weighted by Gasteiger charge is -2.15. The van der Waals surface area contributed by atoms with Crippen molar-refractivity contribution in [3.05, 3.63) is 100 Å². The van der Waals surface area contributed by atoms with Gasteiger partial charge in [-0.25, -0.2) is 0 Å². The molecule has 0 atom stereocenters. The van der Waals surface area contributed by atoms with E-state index >= 15 is 0 Å². The molecule has 0 spiro atoms. The third kappa shape index (κ3) is 4.86. The highest BCUT2D eigenvalue weighted by Gasteiger charge is 2.11. The van der Waals surface area contributed by atoms with Crippen LogP contribution >= 0.6 is 0 Å². The van der Waals surface area contributed by atoms with E-state index < -0.39 is 0 Å². The van der Waals surface area contributed by atoms with Crippen LogP contribution < -0.4 is 15.2 Å². The molecule has 0 radical (unpaired) electrons. The van der Waals surface area contributed by atoms with Gasteiger partial charge in [-0.3, -0.25) is 0 Å². The first-order valence-electron chi connectivity index (χ1n) is 10.2. The SMILES string of the molecule is C=C/C=c1/c(Cc2cc(-c3ccccc3CC(C)C)ccc2OC)cccc1=C. The molecule has 0 aliphatic rings. The predicted octanol–water partition coefficient (Wildman–Crippen LogP) is 5.53. The Labute approximate surface area is 174 Å². The summed E-state index contributed by atoms with van der Waals surface area (Å²) in [6, 6.07) is 21.5. The van der Waals surface area contributed by atoms with Crippen LogP contribution in [0, 0.1) is 5.92 Å². The zero-order chi connectivity index (χ0) is 20.8. The first-order chi connectivity index (χ1) is 14.0. The molecule has 0 fully saturated rings. The predicted molar refractivity (Wildman–Crippen MR) is 126 cm³/mol. The van der Waals surface area contributed by atoms with Crippen molar-refractivity contribution in [1.82, 2.24) is 0 Å². The Morgan fingerprint density at radius 3 is 2.41 bits per heavy atom. The van der Waals surface area contributed by atoms with Gasteiger partial charge in [0.25, 0.3) is 0 Å². The van der Waals surface area contributed by atoms with Crippen LogP contribution in [0.2, 0.25) is 0 Å². The Bertz CT molecular complexity index is 1110. The Hall–Kier alpha value is -3.06. The third-order valence-electron chi connectivity index (χ3n) is 5.19. The summed E-state index contributed by atoms with van der Waals surface area (Å²) in [6.07, 6.45) is 5.71. The van der Waals surface area contributed by atoms with Gasteiger partial charge in [0, 0.05) is 6.42 Å². The summed E-state index contributed by atoms with van der Waals surface area (Å²) in [5, 5.41) is 2.15. The lowest BCUT2D eigenvalue weighted by atomic mass is 9.91. The van der Waals surface area contributed by atoms with Crippen molar-refractivity contribution in [2.45, 2.75) is 26.7 Å². The van der Waals surface area contributed by atoms with Crippen molar-refractivity contribution in [2.24, 2.45) is 5.92 Å². The maximum Gasteiger partial charge on any atom is 0.122 e. The van der Waals surface area contributed by atoms with Gasteiger partial charge in [-0.15, -0.1) is 0 Å². The highest BCUT2D eigenvalue weighted by molar-refractivity contribution is 5.69. The van der Waals surface area contributed by atoms with E-state index in [1.807, 2.05) is 18.2 Å². The van der Waals surface area contributed by atoms with E-state index in [2.05, 4.69) is 81.6 Å². The van der Waals surface area contributed by atoms with Crippen LogP contribution in [0.15, 0.2) is 73.3 Å². The second-order valence-corrected chi connectivity index (χ2v) is 7.85. The third-order valence-corrected chi connectivity index (χ3v) is 5.19. The molecule has 0 amide bonds. The topological polar surface area (TPSA) is 9.23 Å². The van der Waals surface area contributed by atoms with Crippen molar-refractivity contribution in [3.63, 3.8) is 0 Å². The minimum absolute atomic E-state index is 0.616. The van der Waals surface area contributed by atoms with Crippen LogP contribution in [0.4, 0.5) is 0 Å². The summed E-state index contributed by atoms with van der Waals surface area (Å²) in [4.78, 5) is 0. The number of methoxy groups -OCH3 is 1. The van der Waals surface area contributed by atoms with E-state index in [1.165, 1.54) is 27.8 Å². The molecular formula is C28H30O. The standard InChI is InChI=1S/C28H30O/c1-6-10-26-21(4)11-9-13-23(26)18-25-19-24(15-16-28(25)29-5)27-14-8-7-12-22(27)17-20(2)3/h6-16,19-20H,1,4,17-18H2,2-3,5H3/b26-10+. The number of rotatable bonds is 7. The van der Waals surface area contributed by atoms with E-state index in [0.717, 1.165) is 29.0 Å². The Kier molecular flexibility index (Phi) is 6.72. The molecule has 0 saturated carbocycles. The molecule has 1 heteroatoms. The molecule has 3 aromatic rings. The maximum atomic E-state index is 5.69. The molecule has 0 N–H and O–H groups in total. The van der Waals surface area contributed by atoms with Crippen LogP contribution in [0.1, 0.15) is 30.5 Å². The van der Waals surface area contributed by atoms with Crippen molar-refractivity contribution in [1.29, 1.82) is 0 Å². The maximum absolute atomic E-state index is 5.69. The van der Waals surface area contributed by atoms with E-state index in [9.17, 15) is 0 Å². The second-order valence-electron chi connectivity index (χ2n) is 7.85. The first-order valence-corrected chi connectivity index (χ1v) is 10.2. The van der Waals surface area contributed by atoms with Crippen LogP contribution in [0.3, 0.4) is 0 Å². The molecule has 3 aromatic carbocycles. The van der Waals surface area contributed by atoms with Gasteiger partial charge in [-0.1, -0.05) is 87.7 Å². The van der Waals surface area contributed by atoms with Gasteiger partial charge in [0.2, 0.25) is 0 Å².